The molecule has 0 saturated carbocycles. The fourth-order valence-electron chi connectivity index (χ4n) is 2.66. The molecule has 9 heteroatoms. The van der Waals surface area contributed by atoms with Crippen LogP contribution in [0.2, 0.25) is 0 Å². The van der Waals surface area contributed by atoms with E-state index in [2.05, 4.69) is 15.8 Å². The molecule has 0 saturated heterocycles. The minimum Gasteiger partial charge on any atom is -0.394 e. The van der Waals surface area contributed by atoms with Crippen LogP contribution in [-0.4, -0.2) is 34.9 Å². The number of aromatic nitrogens is 1. The molecule has 1 aromatic carbocycles. The number of amides is 1. The zero-order chi connectivity index (χ0) is 21.8. The van der Waals surface area contributed by atoms with Gasteiger partial charge in [-0.15, -0.1) is 0 Å². The molecule has 2 rings (SSSR count). The molecule has 0 spiro atoms. The highest BCUT2D eigenvalue weighted by Gasteiger charge is 2.31. The molecular weight excluding hydrogens is 387 g/mol. The van der Waals surface area contributed by atoms with Gasteiger partial charge in [-0.1, -0.05) is 45.0 Å². The number of nitrogens with one attached hydrogen (secondary N) is 2. The second-order valence-electron chi connectivity index (χ2n) is 7.46. The number of benzene rings is 1. The van der Waals surface area contributed by atoms with Gasteiger partial charge >= 0.3 is 6.18 Å². The quantitative estimate of drug-likeness (QED) is 0.616. The average Bonchev–Trinajstić information content (AvgIpc) is 3.07. The second-order valence-corrected chi connectivity index (χ2v) is 7.46. The van der Waals surface area contributed by atoms with E-state index >= 15 is 0 Å². The molecule has 0 aliphatic rings. The van der Waals surface area contributed by atoms with Crippen molar-refractivity contribution in [2.45, 2.75) is 52.5 Å². The molecule has 1 aromatic heterocycles. The van der Waals surface area contributed by atoms with E-state index in [4.69, 9.17) is 4.52 Å². The third-order valence-corrected chi connectivity index (χ3v) is 4.48. The number of hydrogen-bond donors (Lipinski definition) is 3. The maximum Gasteiger partial charge on any atom is 0.416 e. The van der Waals surface area contributed by atoms with Gasteiger partial charge in [-0.05, 0) is 18.1 Å². The summed E-state index contributed by atoms with van der Waals surface area (Å²) in [5.74, 6) is -0.287. The summed E-state index contributed by atoms with van der Waals surface area (Å²) in [6.45, 7) is 7.58. The van der Waals surface area contributed by atoms with Crippen LogP contribution in [0, 0.1) is 5.92 Å². The van der Waals surface area contributed by atoms with Gasteiger partial charge in [-0.2, -0.15) is 13.2 Å². The summed E-state index contributed by atoms with van der Waals surface area (Å²) in [5, 5.41) is 19.2. The van der Waals surface area contributed by atoms with Crippen LogP contribution in [0.3, 0.4) is 0 Å². The largest absolute Gasteiger partial charge is 0.416 e. The summed E-state index contributed by atoms with van der Waals surface area (Å²) in [4.78, 5) is 12.7. The first kappa shape index (κ1) is 22.9. The van der Waals surface area contributed by atoms with Gasteiger partial charge in [0.1, 0.15) is 0 Å². The van der Waals surface area contributed by atoms with Gasteiger partial charge in [-0.25, -0.2) is 0 Å². The number of halogens is 3. The Morgan fingerprint density at radius 2 is 1.79 bits per heavy atom. The first-order valence-electron chi connectivity index (χ1n) is 9.35. The monoisotopic (exact) mass is 413 g/mol. The van der Waals surface area contributed by atoms with Crippen molar-refractivity contribution in [3.63, 3.8) is 0 Å². The van der Waals surface area contributed by atoms with Crippen molar-refractivity contribution < 1.29 is 27.6 Å². The number of carbonyl (C=O) groups excluding carboxylic acids is 1. The van der Waals surface area contributed by atoms with Crippen LogP contribution in [0.25, 0.3) is 11.3 Å². The molecule has 0 fully saturated rings. The standard InChI is InChI=1S/C20H26F3N3O3/c1-11(2)16(10-27)25-19(28)17-15(9-24-12(3)4)18(29-26-17)13-5-7-14(8-6-13)20(21,22)23/h5-8,11-12,16,24,27H,9-10H2,1-4H3,(H,25,28)/t16-/m0/s1. The Bertz CT molecular complexity index is 815. The van der Waals surface area contributed by atoms with E-state index < -0.39 is 23.7 Å². The van der Waals surface area contributed by atoms with Gasteiger partial charge in [0.15, 0.2) is 11.5 Å². The van der Waals surface area contributed by atoms with E-state index in [0.717, 1.165) is 12.1 Å². The molecule has 0 radical (unpaired) electrons. The van der Waals surface area contributed by atoms with Crippen molar-refractivity contribution in [2.75, 3.05) is 6.61 Å². The summed E-state index contributed by atoms with van der Waals surface area (Å²) in [6, 6.07) is 4.13. The SMILES string of the molecule is CC(C)NCc1c(C(=O)N[C@@H](CO)C(C)C)noc1-c1ccc(C(F)(F)F)cc1. The van der Waals surface area contributed by atoms with Gasteiger partial charge in [0.25, 0.3) is 5.91 Å². The van der Waals surface area contributed by atoms with Crippen LogP contribution in [-0.2, 0) is 12.7 Å². The van der Waals surface area contributed by atoms with Crippen molar-refractivity contribution in [1.82, 2.24) is 15.8 Å². The third kappa shape index (κ3) is 5.80. The number of rotatable bonds is 8. The minimum absolute atomic E-state index is 0.00229. The molecule has 0 aliphatic heterocycles. The van der Waals surface area contributed by atoms with Gasteiger partial charge in [0.05, 0.1) is 18.2 Å². The topological polar surface area (TPSA) is 87.4 Å². The van der Waals surface area contributed by atoms with Gasteiger partial charge in [-0.3, -0.25) is 4.79 Å². The fourth-order valence-corrected chi connectivity index (χ4v) is 2.66. The molecule has 1 amide bonds. The normalized spacial score (nSPS) is 13.2. The molecular formula is C20H26F3N3O3. The third-order valence-electron chi connectivity index (χ3n) is 4.48. The van der Waals surface area contributed by atoms with Crippen LogP contribution < -0.4 is 10.6 Å². The van der Waals surface area contributed by atoms with Crippen LogP contribution in [0.1, 0.15) is 49.3 Å². The van der Waals surface area contributed by atoms with Crippen molar-refractivity contribution in [1.29, 1.82) is 0 Å². The average molecular weight is 413 g/mol. The van der Waals surface area contributed by atoms with Crippen molar-refractivity contribution >= 4 is 5.91 Å². The number of nitrogens with zero attached hydrogens (tertiary/aromatic N) is 1. The van der Waals surface area contributed by atoms with E-state index in [9.17, 15) is 23.1 Å². The highest BCUT2D eigenvalue weighted by atomic mass is 19.4. The number of hydrogen-bond acceptors (Lipinski definition) is 5. The predicted molar refractivity (Wildman–Crippen MR) is 102 cm³/mol. The molecule has 3 N–H and O–H groups in total. The van der Waals surface area contributed by atoms with Crippen LogP contribution in [0.15, 0.2) is 28.8 Å². The maximum absolute atomic E-state index is 12.8. The number of carbonyl (C=O) groups is 1. The number of alkyl halides is 3. The van der Waals surface area contributed by atoms with Gasteiger partial charge in [0, 0.05) is 23.7 Å². The summed E-state index contributed by atoms with van der Waals surface area (Å²) in [7, 11) is 0. The number of aliphatic hydroxyl groups is 1. The smallest absolute Gasteiger partial charge is 0.394 e. The molecule has 0 aliphatic carbocycles. The Kier molecular flexibility index (Phi) is 7.43. The second kappa shape index (κ2) is 9.41. The molecule has 1 atom stereocenters. The summed E-state index contributed by atoms with van der Waals surface area (Å²) in [5.41, 5.74) is 0.0829. The zero-order valence-electron chi connectivity index (χ0n) is 16.8. The minimum atomic E-state index is -4.44. The maximum atomic E-state index is 12.8. The summed E-state index contributed by atoms with van der Waals surface area (Å²) < 4.78 is 43.8. The van der Waals surface area contributed by atoms with E-state index in [0.29, 0.717) is 11.1 Å². The van der Waals surface area contributed by atoms with Crippen LogP contribution in [0.5, 0.6) is 0 Å². The predicted octanol–water partition coefficient (Wildman–Crippen LogP) is 3.61. The Hall–Kier alpha value is -2.39. The van der Waals surface area contributed by atoms with Crippen molar-refractivity contribution in [3.8, 4) is 11.3 Å². The lowest BCUT2D eigenvalue weighted by Crippen LogP contribution is -2.41. The van der Waals surface area contributed by atoms with Crippen molar-refractivity contribution in [2.24, 2.45) is 5.92 Å². The lowest BCUT2D eigenvalue weighted by atomic mass is 10.0. The fraction of sp³-hybridized carbons (Fsp3) is 0.500. The molecule has 6 nitrogen and oxygen atoms in total. The molecule has 0 bridgehead atoms. The van der Waals surface area contributed by atoms with E-state index in [1.165, 1.54) is 12.1 Å². The van der Waals surface area contributed by atoms with Crippen molar-refractivity contribution in [3.05, 3.63) is 41.1 Å². The Morgan fingerprint density at radius 1 is 1.17 bits per heavy atom. The van der Waals surface area contributed by atoms with E-state index in [-0.39, 0.29) is 36.6 Å². The molecule has 160 valence electrons. The summed E-state index contributed by atoms with van der Waals surface area (Å²) in [6.07, 6.45) is -4.44. The molecule has 1 heterocycles. The lowest BCUT2D eigenvalue weighted by molar-refractivity contribution is -0.137. The Balaban J connectivity index is 2.39. The Morgan fingerprint density at radius 3 is 2.28 bits per heavy atom. The number of aliphatic hydroxyl groups excluding tert-OH is 1. The lowest BCUT2D eigenvalue weighted by Gasteiger charge is -2.19. The molecule has 0 unspecified atom stereocenters. The van der Waals surface area contributed by atoms with Gasteiger partial charge < -0.3 is 20.3 Å². The Labute approximate surface area is 167 Å². The van der Waals surface area contributed by atoms with Gasteiger partial charge in [0.2, 0.25) is 0 Å². The van der Waals surface area contributed by atoms with E-state index in [1.807, 2.05) is 27.7 Å². The zero-order valence-corrected chi connectivity index (χ0v) is 16.8. The first-order chi connectivity index (χ1) is 13.5. The molecule has 2 aromatic rings. The highest BCUT2D eigenvalue weighted by Crippen LogP contribution is 2.32. The van der Waals surface area contributed by atoms with E-state index in [1.54, 1.807) is 0 Å². The molecule has 29 heavy (non-hydrogen) atoms. The van der Waals surface area contributed by atoms with Crippen LogP contribution in [0.4, 0.5) is 13.2 Å². The summed E-state index contributed by atoms with van der Waals surface area (Å²) >= 11 is 0. The first-order valence-corrected chi connectivity index (χ1v) is 9.35. The van der Waals surface area contributed by atoms with Crippen LogP contribution >= 0.6 is 0 Å². The highest BCUT2D eigenvalue weighted by molar-refractivity contribution is 5.95.